The summed E-state index contributed by atoms with van der Waals surface area (Å²) in [7, 11) is -3.95. The van der Waals surface area contributed by atoms with Gasteiger partial charge in [-0.2, -0.15) is 0 Å². The van der Waals surface area contributed by atoms with E-state index in [1.807, 2.05) is 97.1 Å². The number of aryl methyl sites for hydroxylation is 1. The molecule has 0 fully saturated rings. The van der Waals surface area contributed by atoms with E-state index in [2.05, 4.69) is 88.4 Å². The Labute approximate surface area is 331 Å². The van der Waals surface area contributed by atoms with E-state index in [1.165, 1.54) is 0 Å². The van der Waals surface area contributed by atoms with Gasteiger partial charge >= 0.3 is 16.5 Å². The lowest BCUT2D eigenvalue weighted by Crippen LogP contribution is -2.12. The third-order valence-corrected chi connectivity index (χ3v) is 12.5. The normalized spacial score (nSPS) is 11.9. The number of benzene rings is 8. The van der Waals surface area contributed by atoms with Crippen LogP contribution in [0.25, 0.3) is 76.5 Å². The monoisotopic (exact) mass is 784 g/mol. The highest BCUT2D eigenvalue weighted by molar-refractivity contribution is 7.32. The molecule has 0 aliphatic carbocycles. The summed E-state index contributed by atoms with van der Waals surface area (Å²) in [6.45, 7) is 8.78. The first-order valence-electron chi connectivity index (χ1n) is 18.9. The molecule has 8 heteroatoms. The lowest BCUT2D eigenvalue weighted by Gasteiger charge is -2.25. The number of hydrogen-bond donors (Lipinski definition) is 0. The SMILES string of the molecule is Cc1cc(Op2oc3ccccc3c3ccccc3o2)c(-c2c(Op3oc4ccccc4c4ccccc4o3)cc(C(C)(C)C)c3ccccc23)c2ccccc12. The maximum absolute atomic E-state index is 7.12. The predicted molar refractivity (Wildman–Crippen MR) is 235 cm³/mol. The zero-order valence-corrected chi connectivity index (χ0v) is 33.6. The summed E-state index contributed by atoms with van der Waals surface area (Å²) >= 11 is 0. The Morgan fingerprint density at radius 2 is 0.702 bits per heavy atom. The summed E-state index contributed by atoms with van der Waals surface area (Å²) in [5, 5.41) is 8.02. The molecule has 2 aromatic heterocycles. The van der Waals surface area contributed by atoms with Crippen LogP contribution in [0.15, 0.2) is 175 Å². The first-order valence-corrected chi connectivity index (χ1v) is 21.1. The van der Waals surface area contributed by atoms with Crippen LogP contribution in [0.2, 0.25) is 0 Å². The number of fused-ring (bicyclic) bond motifs is 8. The number of para-hydroxylation sites is 4. The average Bonchev–Trinajstić information content (AvgIpc) is 3.48. The number of hydrogen-bond acceptors (Lipinski definition) is 6. The van der Waals surface area contributed by atoms with Crippen LogP contribution >= 0.6 is 16.5 Å². The van der Waals surface area contributed by atoms with Gasteiger partial charge in [0.15, 0.2) is 0 Å². The van der Waals surface area contributed by atoms with Gasteiger partial charge in [0.2, 0.25) is 0 Å². The Balaban J connectivity index is 1.29. The Morgan fingerprint density at radius 3 is 1.11 bits per heavy atom. The molecule has 10 rings (SSSR count). The van der Waals surface area contributed by atoms with Crippen molar-refractivity contribution in [3.05, 3.63) is 169 Å². The van der Waals surface area contributed by atoms with E-state index < -0.39 is 16.5 Å². The highest BCUT2D eigenvalue weighted by Gasteiger charge is 2.27. The molecular formula is C49H38O6P2. The smallest absolute Gasteiger partial charge is 0.390 e. The van der Waals surface area contributed by atoms with Crippen LogP contribution in [-0.4, -0.2) is 0 Å². The Morgan fingerprint density at radius 1 is 0.386 bits per heavy atom. The lowest BCUT2D eigenvalue weighted by atomic mass is 9.81. The molecule has 57 heavy (non-hydrogen) atoms. The van der Waals surface area contributed by atoms with E-state index in [0.29, 0.717) is 33.8 Å². The third-order valence-electron chi connectivity index (χ3n) is 10.4. The van der Waals surface area contributed by atoms with Crippen molar-refractivity contribution in [3.63, 3.8) is 0 Å². The Hall–Kier alpha value is -6.32. The summed E-state index contributed by atoms with van der Waals surface area (Å²) < 4.78 is 40.7. The van der Waals surface area contributed by atoms with Crippen molar-refractivity contribution in [2.24, 2.45) is 0 Å². The van der Waals surface area contributed by atoms with Crippen molar-refractivity contribution in [1.82, 2.24) is 0 Å². The van der Waals surface area contributed by atoms with Crippen LogP contribution in [0.4, 0.5) is 0 Å². The summed E-state index contributed by atoms with van der Waals surface area (Å²) in [6, 6.07) is 53.1. The van der Waals surface area contributed by atoms with Crippen LogP contribution < -0.4 is 9.05 Å². The fourth-order valence-electron chi connectivity index (χ4n) is 7.82. The summed E-state index contributed by atoms with van der Waals surface area (Å²) in [6.07, 6.45) is 0. The topological polar surface area (TPSA) is 71.0 Å². The van der Waals surface area contributed by atoms with Gasteiger partial charge in [-0.25, -0.2) is 0 Å². The van der Waals surface area contributed by atoms with Gasteiger partial charge in [-0.1, -0.05) is 142 Å². The molecular weight excluding hydrogens is 746 g/mol. The van der Waals surface area contributed by atoms with E-state index in [-0.39, 0.29) is 5.41 Å². The molecule has 0 radical (unpaired) electrons. The van der Waals surface area contributed by atoms with Crippen molar-refractivity contribution in [2.45, 2.75) is 33.1 Å². The Kier molecular flexibility index (Phi) is 8.63. The van der Waals surface area contributed by atoms with Gasteiger partial charge in [0.25, 0.3) is 0 Å². The second kappa shape index (κ2) is 14.0. The van der Waals surface area contributed by atoms with Crippen molar-refractivity contribution in [3.8, 4) is 22.6 Å². The molecule has 280 valence electrons. The van der Waals surface area contributed by atoms with Gasteiger partial charge in [0.05, 0.1) is 0 Å². The molecule has 0 saturated heterocycles. The highest BCUT2D eigenvalue weighted by Crippen LogP contribution is 2.53. The molecule has 10 aromatic rings. The molecule has 0 atom stereocenters. The molecule has 0 N–H and O–H groups in total. The second-order valence-electron chi connectivity index (χ2n) is 15.2. The average molecular weight is 785 g/mol. The minimum atomic E-state index is -1.98. The molecule has 2 heterocycles. The highest BCUT2D eigenvalue weighted by atomic mass is 31.1. The summed E-state index contributed by atoms with van der Waals surface area (Å²) in [5.74, 6) is 1.23. The minimum Gasteiger partial charge on any atom is -0.390 e. The van der Waals surface area contributed by atoms with E-state index in [1.54, 1.807) is 0 Å². The zero-order chi connectivity index (χ0) is 38.7. The van der Waals surface area contributed by atoms with Gasteiger partial charge in [0.1, 0.15) is 33.8 Å². The van der Waals surface area contributed by atoms with Crippen LogP contribution in [0.5, 0.6) is 11.5 Å². The lowest BCUT2D eigenvalue weighted by molar-refractivity contribution is 0.493. The van der Waals surface area contributed by atoms with Crippen LogP contribution in [-0.2, 0) is 5.41 Å². The van der Waals surface area contributed by atoms with Gasteiger partial charge in [0, 0.05) is 32.7 Å². The van der Waals surface area contributed by atoms with E-state index in [9.17, 15) is 0 Å². The fourth-order valence-corrected chi connectivity index (χ4v) is 9.93. The molecule has 0 unspecified atom stereocenters. The van der Waals surface area contributed by atoms with Crippen molar-refractivity contribution < 1.29 is 25.8 Å². The van der Waals surface area contributed by atoms with Gasteiger partial charge in [-0.05, 0) is 81.4 Å². The summed E-state index contributed by atoms with van der Waals surface area (Å²) in [4.78, 5) is 0. The van der Waals surface area contributed by atoms with Crippen molar-refractivity contribution in [1.29, 1.82) is 0 Å². The second-order valence-corrected chi connectivity index (χ2v) is 17.2. The number of rotatable bonds is 5. The van der Waals surface area contributed by atoms with Crippen LogP contribution in [0.3, 0.4) is 0 Å². The zero-order valence-electron chi connectivity index (χ0n) is 31.9. The summed E-state index contributed by atoms with van der Waals surface area (Å²) in [5.41, 5.74) is 6.46. The molecule has 0 saturated carbocycles. The van der Waals surface area contributed by atoms with Gasteiger partial charge in [-0.15, -0.1) is 0 Å². The predicted octanol–water partition coefficient (Wildman–Crippen LogP) is 16.2. The van der Waals surface area contributed by atoms with Crippen LogP contribution in [0.1, 0.15) is 31.9 Å². The standard InChI is InChI=1S/C49H38O6P2/c1-31-29-45(54-56-50-41-25-13-9-19-34(41)35-20-10-14-26-42(35)51-56)47(38-23-7-5-17-32(31)38)48-39-24-8-6-18-33(39)40(49(2,3)4)30-46(48)55-57-52-43-27-15-11-21-36(43)37-22-12-16-28-44(37)53-57/h5-30H,1-4H3. The maximum Gasteiger partial charge on any atom is 0.453 e. The largest absolute Gasteiger partial charge is 0.453 e. The Bertz CT molecular complexity index is 3150. The molecule has 0 aliphatic rings. The molecule has 6 nitrogen and oxygen atoms in total. The first-order chi connectivity index (χ1) is 27.8. The van der Waals surface area contributed by atoms with Gasteiger partial charge in [-0.3, -0.25) is 0 Å². The van der Waals surface area contributed by atoms with Crippen LogP contribution in [0, 0.1) is 6.92 Å². The molecule has 0 bridgehead atoms. The molecule has 0 spiro atoms. The van der Waals surface area contributed by atoms with E-state index in [4.69, 9.17) is 25.8 Å². The van der Waals surface area contributed by atoms with E-state index >= 15 is 0 Å². The van der Waals surface area contributed by atoms with E-state index in [0.717, 1.165) is 65.3 Å². The first kappa shape index (κ1) is 35.1. The maximum atomic E-state index is 7.12. The third kappa shape index (κ3) is 6.32. The molecule has 8 aromatic carbocycles. The van der Waals surface area contributed by atoms with Gasteiger partial charge < -0.3 is 25.8 Å². The van der Waals surface area contributed by atoms with Crippen molar-refractivity contribution in [2.75, 3.05) is 0 Å². The quantitative estimate of drug-likeness (QED) is 0.173. The molecule has 0 amide bonds. The molecule has 0 aliphatic heterocycles. The minimum absolute atomic E-state index is 0.228. The fraction of sp³-hybridized carbons (Fsp3) is 0.102. The van der Waals surface area contributed by atoms with Crippen molar-refractivity contribution >= 4 is 81.9 Å².